The number of hydrogen-bond acceptors (Lipinski definition) is 7. The first-order valence-electron chi connectivity index (χ1n) is 9.10. The Morgan fingerprint density at radius 3 is 2.42 bits per heavy atom. The number of aromatic nitrogens is 3. The maximum Gasteiger partial charge on any atom is 0.213 e. The number of nitrogens with one attached hydrogen (secondary N) is 1. The second-order valence-electron chi connectivity index (χ2n) is 6.32. The van der Waals surface area contributed by atoms with Gasteiger partial charge in [-0.25, -0.2) is 29.3 Å². The highest BCUT2D eigenvalue weighted by molar-refractivity contribution is 6.08. The Balaban J connectivity index is 2.04. The predicted molar refractivity (Wildman–Crippen MR) is 119 cm³/mol. The first-order valence-corrected chi connectivity index (χ1v) is 9.10. The van der Waals surface area contributed by atoms with Crippen molar-refractivity contribution in [1.29, 1.82) is 0 Å². The predicted octanol–water partition coefficient (Wildman–Crippen LogP) is 2.98. The highest BCUT2D eigenvalue weighted by Crippen LogP contribution is 2.23. The van der Waals surface area contributed by atoms with Gasteiger partial charge in [-0.15, -0.1) is 0 Å². The number of rotatable bonds is 6. The third-order valence-corrected chi connectivity index (χ3v) is 3.96. The smallest absolute Gasteiger partial charge is 0.213 e. The Hall–Kier alpha value is -4.34. The number of benzene rings is 1. The van der Waals surface area contributed by atoms with E-state index in [2.05, 4.69) is 36.8 Å². The molecule has 0 aliphatic carbocycles. The van der Waals surface area contributed by atoms with Crippen molar-refractivity contribution in [1.82, 2.24) is 15.0 Å². The molecule has 2 heterocycles. The molecule has 0 aliphatic heterocycles. The van der Waals surface area contributed by atoms with E-state index in [0.29, 0.717) is 40.2 Å². The molecule has 0 aliphatic rings. The van der Waals surface area contributed by atoms with Crippen LogP contribution in [0, 0.1) is 5.82 Å². The lowest BCUT2D eigenvalue weighted by Gasteiger charge is -2.12. The number of methoxy groups -OCH3 is 1. The van der Waals surface area contributed by atoms with E-state index in [1.54, 1.807) is 37.4 Å². The van der Waals surface area contributed by atoms with Gasteiger partial charge in [-0.05, 0) is 37.3 Å². The first kappa shape index (κ1) is 21.4. The topological polar surface area (TPSA) is 137 Å². The first-order chi connectivity index (χ1) is 14.9. The summed E-state index contributed by atoms with van der Waals surface area (Å²) in [6.07, 6.45) is 3.11. The Kier molecular flexibility index (Phi) is 6.51. The van der Waals surface area contributed by atoms with Gasteiger partial charge in [-0.3, -0.25) is 0 Å². The highest BCUT2D eigenvalue weighted by atomic mass is 19.1. The molecule has 1 aromatic carbocycles. The molecular weight excluding hydrogens is 399 g/mol. The lowest BCUT2D eigenvalue weighted by atomic mass is 10.2. The van der Waals surface area contributed by atoms with Crippen LogP contribution in [-0.4, -0.2) is 33.7 Å². The Bertz CT molecular complexity index is 1140. The highest BCUT2D eigenvalue weighted by Gasteiger charge is 2.13. The van der Waals surface area contributed by atoms with Crippen LogP contribution in [0.25, 0.3) is 11.4 Å². The molecule has 10 heteroatoms. The van der Waals surface area contributed by atoms with Crippen molar-refractivity contribution in [3.63, 3.8) is 0 Å². The number of nitrogens with zero attached hydrogens (tertiary/aromatic N) is 5. The molecule has 2 aromatic heterocycles. The summed E-state index contributed by atoms with van der Waals surface area (Å²) in [4.78, 5) is 21.3. The summed E-state index contributed by atoms with van der Waals surface area (Å²) < 4.78 is 18.4. The fraction of sp³-hybridized carbons (Fsp3) is 0.0952. The molecule has 0 spiro atoms. The lowest BCUT2D eigenvalue weighted by molar-refractivity contribution is 0.398. The summed E-state index contributed by atoms with van der Waals surface area (Å²) >= 11 is 0. The van der Waals surface area contributed by atoms with Crippen LogP contribution in [0.5, 0.6) is 5.88 Å². The Morgan fingerprint density at radius 1 is 1.06 bits per heavy atom. The monoisotopic (exact) mass is 420 g/mol. The van der Waals surface area contributed by atoms with Crippen LogP contribution in [0.1, 0.15) is 12.5 Å². The van der Waals surface area contributed by atoms with Gasteiger partial charge < -0.3 is 21.5 Å². The van der Waals surface area contributed by atoms with E-state index in [1.165, 1.54) is 25.4 Å². The van der Waals surface area contributed by atoms with Crippen molar-refractivity contribution in [2.75, 3.05) is 12.4 Å². The number of ether oxygens (including phenoxy) is 1. The van der Waals surface area contributed by atoms with Crippen LogP contribution in [-0.2, 0) is 0 Å². The molecule has 31 heavy (non-hydrogen) atoms. The zero-order valence-electron chi connectivity index (χ0n) is 17.0. The van der Waals surface area contributed by atoms with Crippen molar-refractivity contribution < 1.29 is 9.13 Å². The van der Waals surface area contributed by atoms with E-state index < -0.39 is 0 Å². The molecule has 0 radical (unpaired) electrons. The molecule has 9 nitrogen and oxygen atoms in total. The average molecular weight is 420 g/mol. The number of nitrogens with two attached hydrogens (primary N) is 2. The second kappa shape index (κ2) is 9.44. The number of aliphatic imine (C=N–C) groups is 2. The van der Waals surface area contributed by atoms with E-state index in [1.807, 2.05) is 0 Å². The molecule has 5 N–H and O–H groups in total. The number of pyridine rings is 1. The summed E-state index contributed by atoms with van der Waals surface area (Å²) in [5.41, 5.74) is 13.4. The minimum Gasteiger partial charge on any atom is -0.481 e. The summed E-state index contributed by atoms with van der Waals surface area (Å²) in [5.74, 6) is 1.43. The molecule has 0 bridgehead atoms. The quantitative estimate of drug-likeness (QED) is 0.412. The molecular formula is C21H21FN8O. The van der Waals surface area contributed by atoms with Gasteiger partial charge in [0.1, 0.15) is 29.1 Å². The van der Waals surface area contributed by atoms with E-state index in [-0.39, 0.29) is 17.5 Å². The molecule has 158 valence electrons. The van der Waals surface area contributed by atoms with E-state index in [4.69, 9.17) is 16.2 Å². The zero-order chi connectivity index (χ0) is 22.4. The van der Waals surface area contributed by atoms with E-state index in [0.717, 1.165) is 0 Å². The third kappa shape index (κ3) is 5.60. The molecule has 3 aromatic rings. The van der Waals surface area contributed by atoms with E-state index in [9.17, 15) is 4.39 Å². The largest absolute Gasteiger partial charge is 0.481 e. The third-order valence-electron chi connectivity index (χ3n) is 3.96. The molecule has 0 unspecified atom stereocenters. The fourth-order valence-electron chi connectivity index (χ4n) is 2.58. The summed E-state index contributed by atoms with van der Waals surface area (Å²) in [7, 11) is 1.53. The standard InChI is InChI=1S/C21H21FN8O/c1-12(23)27-13(2)28-19(24)17-11-26-20(14-4-6-15(22)7-5-14)30-21(17)29-16-8-9-18(31-3)25-10-16/h4-11H,1,23H2,2-3H3,(H2,24,27,28)(H,26,29,30). The van der Waals surface area contributed by atoms with Crippen molar-refractivity contribution in [2.24, 2.45) is 21.5 Å². The van der Waals surface area contributed by atoms with Gasteiger partial charge in [0, 0.05) is 17.8 Å². The van der Waals surface area contributed by atoms with Crippen LogP contribution < -0.4 is 21.5 Å². The van der Waals surface area contributed by atoms with Crippen LogP contribution >= 0.6 is 0 Å². The number of halogens is 1. The molecule has 0 fully saturated rings. The number of anilines is 2. The maximum atomic E-state index is 13.3. The normalized spacial score (nSPS) is 11.8. The van der Waals surface area contributed by atoms with Gasteiger partial charge >= 0.3 is 0 Å². The minimum atomic E-state index is -0.351. The molecule has 0 saturated heterocycles. The van der Waals surface area contributed by atoms with Gasteiger partial charge in [0.15, 0.2) is 5.82 Å². The van der Waals surface area contributed by atoms with Crippen molar-refractivity contribution in [3.8, 4) is 17.3 Å². The summed E-state index contributed by atoms with van der Waals surface area (Å²) in [6.45, 7) is 5.15. The maximum absolute atomic E-state index is 13.3. The van der Waals surface area contributed by atoms with Crippen molar-refractivity contribution >= 4 is 23.2 Å². The Labute approximate surface area is 178 Å². The summed E-state index contributed by atoms with van der Waals surface area (Å²) in [6, 6.07) is 9.32. The molecule has 0 saturated carbocycles. The van der Waals surface area contributed by atoms with Crippen molar-refractivity contribution in [2.45, 2.75) is 6.92 Å². The molecule has 0 atom stereocenters. The lowest BCUT2D eigenvalue weighted by Crippen LogP contribution is -2.18. The summed E-state index contributed by atoms with van der Waals surface area (Å²) in [5, 5.41) is 3.15. The average Bonchev–Trinajstić information content (AvgIpc) is 2.74. The zero-order valence-corrected chi connectivity index (χ0v) is 17.0. The number of amidine groups is 2. The van der Waals surface area contributed by atoms with Gasteiger partial charge in [0.05, 0.1) is 24.6 Å². The van der Waals surface area contributed by atoms with Gasteiger partial charge in [-0.2, -0.15) is 0 Å². The Morgan fingerprint density at radius 2 is 1.81 bits per heavy atom. The van der Waals surface area contributed by atoms with Gasteiger partial charge in [-0.1, -0.05) is 6.58 Å². The molecule has 3 rings (SSSR count). The van der Waals surface area contributed by atoms with Crippen LogP contribution in [0.3, 0.4) is 0 Å². The van der Waals surface area contributed by atoms with E-state index >= 15 is 0 Å². The van der Waals surface area contributed by atoms with Crippen LogP contribution in [0.4, 0.5) is 15.9 Å². The molecule has 0 amide bonds. The van der Waals surface area contributed by atoms with Gasteiger partial charge in [0.25, 0.3) is 0 Å². The van der Waals surface area contributed by atoms with Crippen LogP contribution in [0.15, 0.2) is 71.2 Å². The van der Waals surface area contributed by atoms with Crippen LogP contribution in [0.2, 0.25) is 0 Å². The minimum absolute atomic E-state index is 0.111. The van der Waals surface area contributed by atoms with Crippen molar-refractivity contribution in [3.05, 3.63) is 72.6 Å². The second-order valence-corrected chi connectivity index (χ2v) is 6.32. The SMILES string of the molecule is C=C(N)N=C(C)N=C(N)c1cnc(-c2ccc(F)cc2)nc1Nc1ccc(OC)nc1. The fourth-order valence-corrected chi connectivity index (χ4v) is 2.58. The number of hydrogen-bond donors (Lipinski definition) is 3. The van der Waals surface area contributed by atoms with Gasteiger partial charge in [0.2, 0.25) is 5.88 Å².